The summed E-state index contributed by atoms with van der Waals surface area (Å²) < 4.78 is 6.44. The monoisotopic (exact) mass is 262 g/mol. The number of hydrogen-bond acceptors (Lipinski definition) is 1. The predicted octanol–water partition coefficient (Wildman–Crippen LogP) is 4.87. The Balaban J connectivity index is 2.12. The van der Waals surface area contributed by atoms with Gasteiger partial charge in [-0.2, -0.15) is 0 Å². The molecule has 1 aliphatic heterocycles. The molecule has 4 rings (SSSR count). The number of benzene rings is 2. The zero-order chi connectivity index (χ0) is 14.0. The molecule has 0 saturated carbocycles. The highest BCUT2D eigenvalue weighted by molar-refractivity contribution is 5.81. The summed E-state index contributed by atoms with van der Waals surface area (Å²) in [5, 5.41) is 0. The van der Waals surface area contributed by atoms with Gasteiger partial charge in [0.15, 0.2) is 5.60 Å². The Morgan fingerprint density at radius 2 is 1.30 bits per heavy atom. The molecule has 0 radical (unpaired) electrons. The van der Waals surface area contributed by atoms with E-state index in [1.807, 2.05) is 0 Å². The highest BCUT2D eigenvalue weighted by Crippen LogP contribution is 2.61. The summed E-state index contributed by atoms with van der Waals surface area (Å²) in [6.07, 6.45) is 2.26. The molecule has 1 aliphatic carbocycles. The zero-order valence-corrected chi connectivity index (χ0v) is 12.1. The van der Waals surface area contributed by atoms with Crippen molar-refractivity contribution in [1.29, 1.82) is 0 Å². The van der Waals surface area contributed by atoms with Crippen molar-refractivity contribution in [2.75, 3.05) is 0 Å². The Bertz CT molecular complexity index is 691. The second-order valence-electron chi connectivity index (χ2n) is 6.35. The van der Waals surface area contributed by atoms with Crippen LogP contribution in [-0.4, -0.2) is 0 Å². The molecule has 0 amide bonds. The van der Waals surface area contributed by atoms with Gasteiger partial charge in [-0.25, -0.2) is 0 Å². The number of rotatable bonds is 0. The summed E-state index contributed by atoms with van der Waals surface area (Å²) in [7, 11) is 0. The fraction of sp³-hybridized carbons (Fsp3) is 0.263. The summed E-state index contributed by atoms with van der Waals surface area (Å²) in [4.78, 5) is 0. The summed E-state index contributed by atoms with van der Waals surface area (Å²) in [6.45, 7) is 6.59. The first-order chi connectivity index (χ1) is 9.56. The third-order valence-corrected chi connectivity index (χ3v) is 4.69. The fourth-order valence-electron chi connectivity index (χ4n) is 4.01. The van der Waals surface area contributed by atoms with Crippen molar-refractivity contribution in [1.82, 2.24) is 0 Å². The van der Waals surface area contributed by atoms with Crippen LogP contribution in [0.2, 0.25) is 0 Å². The lowest BCUT2D eigenvalue weighted by atomic mass is 9.70. The van der Waals surface area contributed by atoms with E-state index >= 15 is 0 Å². The Morgan fingerprint density at radius 1 is 0.800 bits per heavy atom. The quantitative estimate of drug-likeness (QED) is 0.658. The zero-order valence-electron chi connectivity index (χ0n) is 12.1. The van der Waals surface area contributed by atoms with Gasteiger partial charge in [-0.3, -0.25) is 0 Å². The van der Waals surface area contributed by atoms with Gasteiger partial charge >= 0.3 is 0 Å². The highest BCUT2D eigenvalue weighted by atomic mass is 16.5. The number of hydrogen-bond donors (Lipinski definition) is 0. The maximum atomic E-state index is 6.44. The summed E-state index contributed by atoms with van der Waals surface area (Å²) in [6, 6.07) is 17.3. The molecule has 0 saturated heterocycles. The van der Waals surface area contributed by atoms with Gasteiger partial charge in [-0.15, -0.1) is 0 Å². The van der Waals surface area contributed by atoms with Gasteiger partial charge in [0.2, 0.25) is 0 Å². The van der Waals surface area contributed by atoms with E-state index in [0.29, 0.717) is 0 Å². The standard InChI is InChI=1S/C19H18O/c1-13-12-18(2,3)19(20-13)16-10-6-4-8-14(16)15-9-5-7-11-17(15)19/h4-12H,1-3H3. The first-order valence-electron chi connectivity index (χ1n) is 7.14. The largest absolute Gasteiger partial charge is 0.482 e. The summed E-state index contributed by atoms with van der Waals surface area (Å²) in [5.41, 5.74) is 4.77. The van der Waals surface area contributed by atoms with Crippen LogP contribution in [0, 0.1) is 5.41 Å². The van der Waals surface area contributed by atoms with Gasteiger partial charge in [0, 0.05) is 16.5 Å². The molecule has 1 heterocycles. The maximum Gasteiger partial charge on any atom is 0.168 e. The van der Waals surface area contributed by atoms with Crippen LogP contribution < -0.4 is 0 Å². The first-order valence-corrected chi connectivity index (χ1v) is 7.14. The van der Waals surface area contributed by atoms with Crippen LogP contribution in [0.1, 0.15) is 31.9 Å². The van der Waals surface area contributed by atoms with Gasteiger partial charge in [0.05, 0.1) is 5.76 Å². The second-order valence-corrected chi connectivity index (χ2v) is 6.35. The van der Waals surface area contributed by atoms with E-state index in [4.69, 9.17) is 4.74 Å². The minimum atomic E-state index is -0.371. The van der Waals surface area contributed by atoms with Crippen LogP contribution in [0.15, 0.2) is 60.4 Å². The molecule has 100 valence electrons. The van der Waals surface area contributed by atoms with E-state index in [9.17, 15) is 0 Å². The van der Waals surface area contributed by atoms with Crippen molar-refractivity contribution in [2.45, 2.75) is 26.4 Å². The van der Waals surface area contributed by atoms with Crippen LogP contribution in [-0.2, 0) is 10.3 Å². The smallest absolute Gasteiger partial charge is 0.168 e. The van der Waals surface area contributed by atoms with Crippen LogP contribution in [0.4, 0.5) is 0 Å². The first kappa shape index (κ1) is 11.8. The lowest BCUT2D eigenvalue weighted by Gasteiger charge is -2.38. The Hall–Kier alpha value is -2.02. The van der Waals surface area contributed by atoms with Crippen LogP contribution in [0.3, 0.4) is 0 Å². The molecule has 1 nitrogen and oxygen atoms in total. The highest BCUT2D eigenvalue weighted by Gasteiger charge is 2.57. The third-order valence-electron chi connectivity index (χ3n) is 4.69. The van der Waals surface area contributed by atoms with Crippen LogP contribution in [0.25, 0.3) is 11.1 Å². The minimum absolute atomic E-state index is 0.0558. The number of ether oxygens (including phenoxy) is 1. The SMILES string of the molecule is CC1=CC(C)(C)C2(O1)c1ccccc1-c1ccccc12. The maximum absolute atomic E-state index is 6.44. The molecule has 20 heavy (non-hydrogen) atoms. The van der Waals surface area contributed by atoms with E-state index in [-0.39, 0.29) is 11.0 Å². The number of allylic oxidation sites excluding steroid dienone is 1. The normalized spacial score (nSPS) is 20.2. The van der Waals surface area contributed by atoms with Crippen molar-refractivity contribution in [3.8, 4) is 11.1 Å². The minimum Gasteiger partial charge on any atom is -0.482 e. The molecule has 0 fully saturated rings. The summed E-state index contributed by atoms with van der Waals surface area (Å²) >= 11 is 0. The van der Waals surface area contributed by atoms with Gasteiger partial charge in [0.25, 0.3) is 0 Å². The summed E-state index contributed by atoms with van der Waals surface area (Å²) in [5.74, 6) is 1.02. The van der Waals surface area contributed by atoms with E-state index in [2.05, 4.69) is 75.4 Å². The third kappa shape index (κ3) is 1.19. The molecular weight excluding hydrogens is 244 g/mol. The topological polar surface area (TPSA) is 9.23 Å². The van der Waals surface area contributed by atoms with Crippen LogP contribution in [0.5, 0.6) is 0 Å². The van der Waals surface area contributed by atoms with E-state index < -0.39 is 0 Å². The van der Waals surface area contributed by atoms with Crippen molar-refractivity contribution in [3.05, 3.63) is 71.5 Å². The predicted molar refractivity (Wildman–Crippen MR) is 81.3 cm³/mol. The Labute approximate surface area is 119 Å². The lowest BCUT2D eigenvalue weighted by Crippen LogP contribution is -2.38. The van der Waals surface area contributed by atoms with Crippen LogP contribution >= 0.6 is 0 Å². The average Bonchev–Trinajstić information content (AvgIpc) is 2.85. The molecule has 0 N–H and O–H groups in total. The number of fused-ring (bicyclic) bond motifs is 5. The van der Waals surface area contributed by atoms with Gasteiger partial charge in [0.1, 0.15) is 0 Å². The van der Waals surface area contributed by atoms with E-state index in [1.165, 1.54) is 22.3 Å². The van der Waals surface area contributed by atoms with Crippen molar-refractivity contribution < 1.29 is 4.74 Å². The molecule has 2 aliphatic rings. The van der Waals surface area contributed by atoms with Crippen molar-refractivity contribution in [3.63, 3.8) is 0 Å². The average molecular weight is 262 g/mol. The molecule has 2 aromatic carbocycles. The molecule has 1 spiro atoms. The lowest BCUT2D eigenvalue weighted by molar-refractivity contribution is -0.00350. The van der Waals surface area contributed by atoms with Crippen molar-refractivity contribution >= 4 is 0 Å². The Morgan fingerprint density at radius 3 is 1.75 bits per heavy atom. The van der Waals surface area contributed by atoms with Gasteiger partial charge in [-0.1, -0.05) is 62.4 Å². The second kappa shape index (κ2) is 3.54. The van der Waals surface area contributed by atoms with E-state index in [0.717, 1.165) is 5.76 Å². The molecular formula is C19H18O. The Kier molecular flexibility index (Phi) is 2.09. The molecule has 0 aromatic heterocycles. The van der Waals surface area contributed by atoms with Gasteiger partial charge in [-0.05, 0) is 24.1 Å². The molecule has 1 heteroatoms. The van der Waals surface area contributed by atoms with Gasteiger partial charge < -0.3 is 4.74 Å². The molecule has 0 unspecified atom stereocenters. The van der Waals surface area contributed by atoms with E-state index in [1.54, 1.807) is 0 Å². The molecule has 2 aromatic rings. The molecule has 0 bridgehead atoms. The molecule has 0 atom stereocenters. The fourth-order valence-corrected chi connectivity index (χ4v) is 4.01. The van der Waals surface area contributed by atoms with Crippen molar-refractivity contribution in [2.24, 2.45) is 5.41 Å².